The topological polar surface area (TPSA) is 147 Å². The molecule has 164 valence electrons. The number of aliphatic hydroxyl groups excluding tert-OH is 5. The summed E-state index contributed by atoms with van der Waals surface area (Å²) >= 11 is 0. The third kappa shape index (κ3) is 4.65. The number of aliphatic hydroxyl groups is 5. The van der Waals surface area contributed by atoms with Gasteiger partial charge < -0.3 is 49.2 Å². The molecule has 0 bridgehead atoms. The molecule has 1 aromatic rings. The third-order valence-corrected chi connectivity index (χ3v) is 5.19. The van der Waals surface area contributed by atoms with Crippen LogP contribution in [0.5, 0.6) is 11.5 Å². The van der Waals surface area contributed by atoms with Gasteiger partial charge >= 0.3 is 0 Å². The van der Waals surface area contributed by atoms with Crippen LogP contribution >= 0.6 is 0 Å². The number of benzene rings is 1. The summed E-state index contributed by atoms with van der Waals surface area (Å²) in [5, 5.41) is 50.7. The summed E-state index contributed by atoms with van der Waals surface area (Å²) in [4.78, 5) is 0. The first-order valence-corrected chi connectivity index (χ1v) is 9.40. The molecule has 0 radical (unpaired) electrons. The van der Waals surface area contributed by atoms with E-state index in [0.29, 0.717) is 11.5 Å². The van der Waals surface area contributed by atoms with Crippen LogP contribution in [-0.2, 0) is 14.2 Å². The van der Waals surface area contributed by atoms with Gasteiger partial charge in [0.05, 0.1) is 19.3 Å². The first-order chi connectivity index (χ1) is 13.7. The number of ether oxygens (including phenoxy) is 5. The van der Waals surface area contributed by atoms with Crippen LogP contribution in [0.1, 0.15) is 13.8 Å². The second kappa shape index (κ2) is 9.11. The van der Waals surface area contributed by atoms with Crippen molar-refractivity contribution in [1.82, 2.24) is 0 Å². The van der Waals surface area contributed by atoms with E-state index < -0.39 is 61.4 Å². The van der Waals surface area contributed by atoms with Crippen LogP contribution in [0, 0.1) is 0 Å². The average Bonchev–Trinajstić information content (AvgIpc) is 2.71. The van der Waals surface area contributed by atoms with E-state index in [4.69, 9.17) is 23.7 Å². The summed E-state index contributed by atoms with van der Waals surface area (Å²) < 4.78 is 27.3. The lowest BCUT2D eigenvalue weighted by Crippen LogP contribution is -2.63. The van der Waals surface area contributed by atoms with Gasteiger partial charge in [-0.15, -0.1) is 0 Å². The molecule has 0 aliphatic carbocycles. The number of methoxy groups -OCH3 is 1. The first kappa shape index (κ1) is 22.2. The maximum absolute atomic E-state index is 10.5. The van der Waals surface area contributed by atoms with Crippen molar-refractivity contribution in [2.45, 2.75) is 75.3 Å². The van der Waals surface area contributed by atoms with Crippen molar-refractivity contribution in [1.29, 1.82) is 0 Å². The smallest absolute Gasteiger partial charge is 0.229 e. The van der Waals surface area contributed by atoms with E-state index in [0.717, 1.165) is 0 Å². The molecule has 29 heavy (non-hydrogen) atoms. The molecule has 2 saturated heterocycles. The standard InChI is InChI=1S/C19H28O10/c1-8-12(20)13(21)15(23)19(26-8)29-17-9(2)27-18(16(24)14(17)22)28-11-6-4-10(25-3)5-7-11/h4-9,12-24H,1-3H3/t8-,9-,12-,13+,14-,15+,16+,17-,18-,19+/m0/s1. The lowest BCUT2D eigenvalue weighted by atomic mass is 9.97. The normalized spacial score (nSPS) is 43.0. The van der Waals surface area contributed by atoms with Gasteiger partial charge in [-0.05, 0) is 38.1 Å². The van der Waals surface area contributed by atoms with E-state index in [1.807, 2.05) is 0 Å². The second-order valence-electron chi connectivity index (χ2n) is 7.27. The third-order valence-electron chi connectivity index (χ3n) is 5.19. The lowest BCUT2D eigenvalue weighted by Gasteiger charge is -2.45. The molecule has 2 heterocycles. The van der Waals surface area contributed by atoms with E-state index in [-0.39, 0.29) is 0 Å². The summed E-state index contributed by atoms with van der Waals surface area (Å²) in [7, 11) is 1.54. The minimum Gasteiger partial charge on any atom is -0.497 e. The number of hydrogen-bond donors (Lipinski definition) is 5. The van der Waals surface area contributed by atoms with Crippen molar-refractivity contribution in [3.8, 4) is 11.5 Å². The Morgan fingerprint density at radius 2 is 1.24 bits per heavy atom. The molecule has 2 aliphatic heterocycles. The minimum absolute atomic E-state index is 0.408. The van der Waals surface area contributed by atoms with E-state index in [9.17, 15) is 25.5 Å². The molecule has 3 rings (SSSR count). The van der Waals surface area contributed by atoms with E-state index >= 15 is 0 Å². The predicted molar refractivity (Wildman–Crippen MR) is 97.2 cm³/mol. The van der Waals surface area contributed by atoms with Gasteiger partial charge in [-0.1, -0.05) is 0 Å². The molecule has 10 heteroatoms. The monoisotopic (exact) mass is 416 g/mol. The minimum atomic E-state index is -1.54. The van der Waals surface area contributed by atoms with Crippen LogP contribution in [0.3, 0.4) is 0 Å². The van der Waals surface area contributed by atoms with Crippen LogP contribution in [0.15, 0.2) is 24.3 Å². The SMILES string of the molecule is COc1ccc(O[C@@H]2O[C@@H](C)[C@H](O[C@H]3O[C@@H](C)[C@H](O)[C@@H](O)[C@H]3O)[C@@H](O)[C@H]2O)cc1. The Kier molecular flexibility index (Phi) is 6.97. The molecule has 0 saturated carbocycles. The highest BCUT2D eigenvalue weighted by atomic mass is 16.7. The van der Waals surface area contributed by atoms with Gasteiger partial charge in [-0.25, -0.2) is 0 Å². The van der Waals surface area contributed by atoms with Crippen LogP contribution in [0.2, 0.25) is 0 Å². The van der Waals surface area contributed by atoms with Crippen molar-refractivity contribution in [2.24, 2.45) is 0 Å². The van der Waals surface area contributed by atoms with Crippen molar-refractivity contribution in [3.05, 3.63) is 24.3 Å². The van der Waals surface area contributed by atoms with Crippen LogP contribution in [0.4, 0.5) is 0 Å². The van der Waals surface area contributed by atoms with E-state index in [2.05, 4.69) is 0 Å². The van der Waals surface area contributed by atoms with Crippen molar-refractivity contribution < 1.29 is 49.2 Å². The van der Waals surface area contributed by atoms with Crippen LogP contribution < -0.4 is 9.47 Å². The highest BCUT2D eigenvalue weighted by Crippen LogP contribution is 2.30. The fourth-order valence-corrected chi connectivity index (χ4v) is 3.36. The maximum atomic E-state index is 10.5. The average molecular weight is 416 g/mol. The van der Waals surface area contributed by atoms with Gasteiger partial charge in [0.25, 0.3) is 0 Å². The first-order valence-electron chi connectivity index (χ1n) is 9.40. The number of rotatable bonds is 5. The van der Waals surface area contributed by atoms with E-state index in [1.165, 1.54) is 14.0 Å². The van der Waals surface area contributed by atoms with Crippen molar-refractivity contribution >= 4 is 0 Å². The molecule has 2 fully saturated rings. The molecule has 10 nitrogen and oxygen atoms in total. The zero-order chi connectivity index (χ0) is 21.3. The molecule has 0 spiro atoms. The maximum Gasteiger partial charge on any atom is 0.229 e. The predicted octanol–water partition coefficient (Wildman–Crippen LogP) is -1.25. The fourth-order valence-electron chi connectivity index (χ4n) is 3.36. The Morgan fingerprint density at radius 3 is 1.86 bits per heavy atom. The van der Waals surface area contributed by atoms with Crippen molar-refractivity contribution in [2.75, 3.05) is 7.11 Å². The molecule has 0 unspecified atom stereocenters. The molecule has 0 amide bonds. The summed E-state index contributed by atoms with van der Waals surface area (Å²) in [6.07, 6.45) is -12.3. The Hall–Kier alpha value is -1.50. The van der Waals surface area contributed by atoms with Gasteiger partial charge in [-0.2, -0.15) is 0 Å². The number of hydrogen-bond acceptors (Lipinski definition) is 10. The van der Waals surface area contributed by atoms with Gasteiger partial charge in [0.15, 0.2) is 6.29 Å². The Labute approximate surface area is 168 Å². The largest absolute Gasteiger partial charge is 0.497 e. The highest BCUT2D eigenvalue weighted by molar-refractivity contribution is 5.31. The zero-order valence-electron chi connectivity index (χ0n) is 16.4. The Bertz CT molecular complexity index is 655. The van der Waals surface area contributed by atoms with Crippen LogP contribution in [0.25, 0.3) is 0 Å². The van der Waals surface area contributed by atoms with Crippen molar-refractivity contribution in [3.63, 3.8) is 0 Å². The fraction of sp³-hybridized carbons (Fsp3) is 0.684. The lowest BCUT2D eigenvalue weighted by molar-refractivity contribution is -0.345. The van der Waals surface area contributed by atoms with Gasteiger partial charge in [0.2, 0.25) is 6.29 Å². The zero-order valence-corrected chi connectivity index (χ0v) is 16.4. The quantitative estimate of drug-likeness (QED) is 0.394. The summed E-state index contributed by atoms with van der Waals surface area (Å²) in [6.45, 7) is 3.12. The van der Waals surface area contributed by atoms with Gasteiger partial charge in [0, 0.05) is 0 Å². The Balaban J connectivity index is 1.64. The van der Waals surface area contributed by atoms with Gasteiger partial charge in [-0.3, -0.25) is 0 Å². The second-order valence-corrected chi connectivity index (χ2v) is 7.27. The summed E-state index contributed by atoms with van der Waals surface area (Å²) in [5.74, 6) is 1.04. The summed E-state index contributed by atoms with van der Waals surface area (Å²) in [5.41, 5.74) is 0. The van der Waals surface area contributed by atoms with Gasteiger partial charge in [0.1, 0.15) is 48.1 Å². The van der Waals surface area contributed by atoms with E-state index in [1.54, 1.807) is 31.2 Å². The highest BCUT2D eigenvalue weighted by Gasteiger charge is 2.49. The van der Waals surface area contributed by atoms with Crippen LogP contribution in [-0.4, -0.2) is 94.1 Å². The molecule has 5 N–H and O–H groups in total. The summed E-state index contributed by atoms with van der Waals surface area (Å²) in [6, 6.07) is 6.63. The molecule has 10 atom stereocenters. The molecule has 2 aliphatic rings. The molecule has 1 aromatic carbocycles. The Morgan fingerprint density at radius 1 is 0.690 bits per heavy atom. The molecular weight excluding hydrogens is 388 g/mol. The molecule has 0 aromatic heterocycles. The molecular formula is C19H28O10.